The van der Waals surface area contributed by atoms with Gasteiger partial charge in [-0.15, -0.1) is 0 Å². The Hall–Kier alpha value is -2.22. The van der Waals surface area contributed by atoms with Crippen molar-refractivity contribution < 1.29 is 9.53 Å². The highest BCUT2D eigenvalue weighted by Gasteiger charge is 2.29. The van der Waals surface area contributed by atoms with E-state index in [1.807, 2.05) is 18.0 Å². The largest absolute Gasteiger partial charge is 0.367 e. The predicted octanol–water partition coefficient (Wildman–Crippen LogP) is 1.60. The number of nitrogens with zero attached hydrogens (tertiary/aromatic N) is 5. The highest BCUT2D eigenvalue weighted by atomic mass is 16.5. The van der Waals surface area contributed by atoms with E-state index in [-0.39, 0.29) is 17.4 Å². The molecule has 0 bridgehead atoms. The number of ether oxygens (including phenoxy) is 1. The molecule has 2 aromatic rings. The molecule has 3 rings (SSSR count). The number of carbonyl (C=O) groups is 1. The zero-order valence-electron chi connectivity index (χ0n) is 15.3. The van der Waals surface area contributed by atoms with Crippen molar-refractivity contribution in [3.63, 3.8) is 0 Å². The SMILES string of the molecule is Cc1cnn(CCC(=O)N2CCO[C@H](c3nc(C(C)(C)C)n[nH]3)C2)c1. The number of carbonyl (C=O) groups excluding carboxylic acids is 1. The zero-order chi connectivity index (χ0) is 18.0. The third kappa shape index (κ3) is 4.25. The minimum absolute atomic E-state index is 0.108. The van der Waals surface area contributed by atoms with Gasteiger partial charge in [0.15, 0.2) is 11.6 Å². The van der Waals surface area contributed by atoms with Crippen LogP contribution >= 0.6 is 0 Å². The summed E-state index contributed by atoms with van der Waals surface area (Å²) in [7, 11) is 0. The molecule has 1 aliphatic heterocycles. The van der Waals surface area contributed by atoms with Crippen LogP contribution in [0.25, 0.3) is 0 Å². The fourth-order valence-electron chi connectivity index (χ4n) is 2.75. The van der Waals surface area contributed by atoms with Crippen LogP contribution in [0.2, 0.25) is 0 Å². The minimum Gasteiger partial charge on any atom is -0.367 e. The van der Waals surface area contributed by atoms with Gasteiger partial charge in [-0.1, -0.05) is 20.8 Å². The smallest absolute Gasteiger partial charge is 0.224 e. The molecule has 0 unspecified atom stereocenters. The molecule has 1 aliphatic rings. The number of H-pyrrole nitrogens is 1. The molecule has 0 spiro atoms. The molecule has 0 saturated carbocycles. The Morgan fingerprint density at radius 3 is 2.88 bits per heavy atom. The number of aryl methyl sites for hydroxylation is 2. The molecule has 1 amide bonds. The monoisotopic (exact) mass is 346 g/mol. The molecule has 136 valence electrons. The first-order chi connectivity index (χ1) is 11.8. The number of aromatic amines is 1. The van der Waals surface area contributed by atoms with E-state index in [1.165, 1.54) is 0 Å². The van der Waals surface area contributed by atoms with Gasteiger partial charge in [0.05, 0.1) is 19.3 Å². The maximum Gasteiger partial charge on any atom is 0.224 e. The predicted molar refractivity (Wildman–Crippen MR) is 91.9 cm³/mol. The van der Waals surface area contributed by atoms with Crippen LogP contribution in [0.1, 0.15) is 50.5 Å². The van der Waals surface area contributed by atoms with Crippen LogP contribution in [-0.4, -0.2) is 55.5 Å². The van der Waals surface area contributed by atoms with E-state index in [4.69, 9.17) is 4.74 Å². The summed E-state index contributed by atoms with van der Waals surface area (Å²) in [6.45, 7) is 10.4. The van der Waals surface area contributed by atoms with Gasteiger partial charge < -0.3 is 9.64 Å². The van der Waals surface area contributed by atoms with Crippen molar-refractivity contribution >= 4 is 5.91 Å². The van der Waals surface area contributed by atoms with E-state index in [9.17, 15) is 4.79 Å². The van der Waals surface area contributed by atoms with Crippen LogP contribution in [0.4, 0.5) is 0 Å². The quantitative estimate of drug-likeness (QED) is 0.908. The molecule has 0 aliphatic carbocycles. The van der Waals surface area contributed by atoms with Gasteiger partial charge in [0.1, 0.15) is 6.10 Å². The summed E-state index contributed by atoms with van der Waals surface area (Å²) in [4.78, 5) is 18.9. The first-order valence-electron chi connectivity index (χ1n) is 8.64. The van der Waals surface area contributed by atoms with Crippen molar-refractivity contribution in [3.8, 4) is 0 Å². The summed E-state index contributed by atoms with van der Waals surface area (Å²) >= 11 is 0. The molecule has 8 nitrogen and oxygen atoms in total. The van der Waals surface area contributed by atoms with Gasteiger partial charge in [-0.25, -0.2) is 4.98 Å². The Kier molecular flexibility index (Phi) is 4.89. The third-order valence-corrected chi connectivity index (χ3v) is 4.21. The fourth-order valence-corrected chi connectivity index (χ4v) is 2.75. The van der Waals surface area contributed by atoms with Crippen molar-refractivity contribution in [2.24, 2.45) is 0 Å². The Bertz CT molecular complexity index is 730. The van der Waals surface area contributed by atoms with Crippen molar-refractivity contribution in [3.05, 3.63) is 29.6 Å². The molecule has 8 heteroatoms. The van der Waals surface area contributed by atoms with Crippen LogP contribution < -0.4 is 0 Å². The lowest BCUT2D eigenvalue weighted by atomic mass is 9.96. The molecule has 0 aromatic carbocycles. The Balaban J connectivity index is 1.58. The second-order valence-electron chi connectivity index (χ2n) is 7.52. The van der Waals surface area contributed by atoms with Gasteiger partial charge in [-0.05, 0) is 12.5 Å². The summed E-state index contributed by atoms with van der Waals surface area (Å²) < 4.78 is 7.59. The molecular weight excluding hydrogens is 320 g/mol. The number of amides is 1. The number of hydrogen-bond donors (Lipinski definition) is 1. The molecule has 1 saturated heterocycles. The van der Waals surface area contributed by atoms with Crippen LogP contribution in [0.5, 0.6) is 0 Å². The molecule has 1 N–H and O–H groups in total. The summed E-state index contributed by atoms with van der Waals surface area (Å²) in [6.07, 6.45) is 3.91. The first-order valence-corrected chi connectivity index (χ1v) is 8.64. The Morgan fingerprint density at radius 1 is 1.44 bits per heavy atom. The maximum absolute atomic E-state index is 12.5. The van der Waals surface area contributed by atoms with E-state index in [1.54, 1.807) is 10.9 Å². The van der Waals surface area contributed by atoms with Crippen molar-refractivity contribution in [1.82, 2.24) is 29.9 Å². The van der Waals surface area contributed by atoms with Crippen molar-refractivity contribution in [2.75, 3.05) is 19.7 Å². The lowest BCUT2D eigenvalue weighted by Crippen LogP contribution is -2.42. The molecular formula is C17H26N6O2. The molecule has 1 atom stereocenters. The molecule has 0 radical (unpaired) electrons. The molecule has 25 heavy (non-hydrogen) atoms. The highest BCUT2D eigenvalue weighted by Crippen LogP contribution is 2.23. The van der Waals surface area contributed by atoms with Gasteiger partial charge in [0, 0.05) is 31.1 Å². The number of morpholine rings is 1. The van der Waals surface area contributed by atoms with Crippen LogP contribution in [-0.2, 0) is 21.5 Å². The second kappa shape index (κ2) is 6.95. The maximum atomic E-state index is 12.5. The summed E-state index contributed by atoms with van der Waals surface area (Å²) in [5.41, 5.74) is 0.972. The van der Waals surface area contributed by atoms with Crippen molar-refractivity contribution in [2.45, 2.75) is 52.2 Å². The fraction of sp³-hybridized carbons (Fsp3) is 0.647. The van der Waals surface area contributed by atoms with Crippen LogP contribution in [0, 0.1) is 6.92 Å². The average Bonchev–Trinajstić information content (AvgIpc) is 3.21. The third-order valence-electron chi connectivity index (χ3n) is 4.21. The topological polar surface area (TPSA) is 88.9 Å². The normalized spacial score (nSPS) is 18.6. The van der Waals surface area contributed by atoms with E-state index in [0.29, 0.717) is 38.5 Å². The summed E-state index contributed by atoms with van der Waals surface area (Å²) in [5, 5.41) is 11.5. The number of aromatic nitrogens is 5. The van der Waals surface area contributed by atoms with Crippen LogP contribution in [0.15, 0.2) is 12.4 Å². The van der Waals surface area contributed by atoms with E-state index >= 15 is 0 Å². The average molecular weight is 346 g/mol. The standard InChI is InChI=1S/C17H26N6O2/c1-12-9-18-23(10-12)6-5-14(24)22-7-8-25-13(11-22)15-19-16(21-20-15)17(2,3)4/h9-10,13H,5-8,11H2,1-4H3,(H,19,20,21)/t13-/m0/s1. The zero-order valence-corrected chi connectivity index (χ0v) is 15.3. The van der Waals surface area contributed by atoms with E-state index in [2.05, 4.69) is 41.1 Å². The molecule has 2 aromatic heterocycles. The number of hydrogen-bond acceptors (Lipinski definition) is 5. The summed E-state index contributed by atoms with van der Waals surface area (Å²) in [5.74, 6) is 1.55. The number of rotatable bonds is 4. The number of nitrogens with one attached hydrogen (secondary N) is 1. The van der Waals surface area contributed by atoms with Crippen LogP contribution in [0.3, 0.4) is 0 Å². The van der Waals surface area contributed by atoms with Gasteiger partial charge in [-0.2, -0.15) is 10.2 Å². The second-order valence-corrected chi connectivity index (χ2v) is 7.52. The summed E-state index contributed by atoms with van der Waals surface area (Å²) in [6, 6.07) is 0. The Labute approximate surface area is 147 Å². The van der Waals surface area contributed by atoms with E-state index < -0.39 is 0 Å². The Morgan fingerprint density at radius 2 is 2.24 bits per heavy atom. The van der Waals surface area contributed by atoms with Gasteiger partial charge >= 0.3 is 0 Å². The minimum atomic E-state index is -0.256. The first kappa shape index (κ1) is 17.6. The van der Waals surface area contributed by atoms with Gasteiger partial charge in [-0.3, -0.25) is 14.6 Å². The van der Waals surface area contributed by atoms with E-state index in [0.717, 1.165) is 11.4 Å². The highest BCUT2D eigenvalue weighted by molar-refractivity contribution is 5.76. The molecule has 1 fully saturated rings. The lowest BCUT2D eigenvalue weighted by Gasteiger charge is -2.32. The lowest BCUT2D eigenvalue weighted by molar-refractivity contribution is -0.139. The van der Waals surface area contributed by atoms with Gasteiger partial charge in [0.25, 0.3) is 0 Å². The van der Waals surface area contributed by atoms with Gasteiger partial charge in [0.2, 0.25) is 5.91 Å². The molecule has 3 heterocycles. The van der Waals surface area contributed by atoms with Crippen molar-refractivity contribution in [1.29, 1.82) is 0 Å².